The minimum atomic E-state index is -0.368. The van der Waals surface area contributed by atoms with Gasteiger partial charge in [0.25, 0.3) is 0 Å². The van der Waals surface area contributed by atoms with Gasteiger partial charge >= 0.3 is 5.76 Å². The van der Waals surface area contributed by atoms with Crippen molar-refractivity contribution in [3.63, 3.8) is 0 Å². The number of fused-ring (bicyclic) bond motifs is 1. The number of thiocarbonyl (C=S) groups is 1. The number of nitrogens with zero attached hydrogens (tertiary/aromatic N) is 1. The first-order valence-electron chi connectivity index (χ1n) is 4.55. The summed E-state index contributed by atoms with van der Waals surface area (Å²) >= 11 is 4.77. The Bertz CT molecular complexity index is 556. The molecule has 0 saturated carbocycles. The second kappa shape index (κ2) is 3.86. The van der Waals surface area contributed by atoms with Crippen LogP contribution in [-0.4, -0.2) is 9.56 Å². The second-order valence-corrected chi connectivity index (χ2v) is 3.73. The lowest BCUT2D eigenvalue weighted by Crippen LogP contribution is -2.18. The van der Waals surface area contributed by atoms with Gasteiger partial charge in [0.15, 0.2) is 5.58 Å². The minimum Gasteiger partial charge on any atom is -0.408 e. The Morgan fingerprint density at radius 3 is 2.93 bits per heavy atom. The zero-order chi connectivity index (χ0) is 10.8. The van der Waals surface area contributed by atoms with E-state index in [-0.39, 0.29) is 5.76 Å². The molecule has 0 bridgehead atoms. The van der Waals surface area contributed by atoms with E-state index in [0.717, 1.165) is 5.52 Å². The van der Waals surface area contributed by atoms with Crippen molar-refractivity contribution in [3.8, 4) is 0 Å². The smallest absolute Gasteiger partial charge is 0.408 e. The van der Waals surface area contributed by atoms with Gasteiger partial charge in [0.1, 0.15) is 0 Å². The van der Waals surface area contributed by atoms with Crippen molar-refractivity contribution < 1.29 is 4.42 Å². The molecular weight excluding hydrogens is 212 g/mol. The molecule has 2 N–H and O–H groups in total. The third kappa shape index (κ3) is 1.92. The summed E-state index contributed by atoms with van der Waals surface area (Å²) in [6.07, 6.45) is 0.499. The number of rotatable bonds is 3. The summed E-state index contributed by atoms with van der Waals surface area (Å²) in [5.41, 5.74) is 6.75. The van der Waals surface area contributed by atoms with Crippen LogP contribution in [0, 0.1) is 0 Å². The Hall–Kier alpha value is -1.62. The topological polar surface area (TPSA) is 61.2 Å². The van der Waals surface area contributed by atoms with E-state index in [1.54, 1.807) is 6.07 Å². The molecule has 1 heterocycles. The van der Waals surface area contributed by atoms with Crippen LogP contribution in [0.1, 0.15) is 6.42 Å². The molecule has 2 aromatic rings. The van der Waals surface area contributed by atoms with Crippen molar-refractivity contribution in [2.75, 3.05) is 0 Å². The third-order valence-electron chi connectivity index (χ3n) is 2.16. The number of aryl methyl sites for hydroxylation is 1. The fourth-order valence-corrected chi connectivity index (χ4v) is 1.54. The van der Waals surface area contributed by atoms with Gasteiger partial charge in [0, 0.05) is 13.0 Å². The lowest BCUT2D eigenvalue weighted by Gasteiger charge is -1.99. The van der Waals surface area contributed by atoms with Gasteiger partial charge < -0.3 is 10.2 Å². The summed E-state index contributed by atoms with van der Waals surface area (Å²) in [5, 5.41) is 0. The SMILES string of the molecule is NC(=S)CCn1c(=O)oc2ccccc21. The lowest BCUT2D eigenvalue weighted by molar-refractivity contribution is 0.509. The van der Waals surface area contributed by atoms with Gasteiger partial charge in [-0.2, -0.15) is 0 Å². The fourth-order valence-electron chi connectivity index (χ4n) is 1.45. The molecular formula is C10H10N2O2S. The number of hydrogen-bond donors (Lipinski definition) is 1. The summed E-state index contributed by atoms with van der Waals surface area (Å²) < 4.78 is 6.59. The summed E-state index contributed by atoms with van der Waals surface area (Å²) in [6, 6.07) is 7.27. The summed E-state index contributed by atoms with van der Waals surface area (Å²) in [4.78, 5) is 11.9. The van der Waals surface area contributed by atoms with Gasteiger partial charge in [0.2, 0.25) is 0 Å². The zero-order valence-electron chi connectivity index (χ0n) is 7.97. The Labute approximate surface area is 91.3 Å². The third-order valence-corrected chi connectivity index (χ3v) is 2.36. The molecule has 5 heteroatoms. The molecule has 0 aliphatic rings. The van der Waals surface area contributed by atoms with Crippen LogP contribution in [0.25, 0.3) is 11.1 Å². The van der Waals surface area contributed by atoms with Gasteiger partial charge in [-0.1, -0.05) is 24.4 Å². The molecule has 0 fully saturated rings. The van der Waals surface area contributed by atoms with E-state index in [9.17, 15) is 4.79 Å². The predicted molar refractivity (Wildman–Crippen MR) is 61.9 cm³/mol. The molecule has 0 unspecified atom stereocenters. The van der Waals surface area contributed by atoms with Gasteiger partial charge in [-0.25, -0.2) is 4.79 Å². The van der Waals surface area contributed by atoms with E-state index in [1.165, 1.54) is 4.57 Å². The van der Waals surface area contributed by atoms with Crippen molar-refractivity contribution in [1.29, 1.82) is 0 Å². The molecule has 0 aliphatic carbocycles. The van der Waals surface area contributed by atoms with Crippen molar-refractivity contribution in [1.82, 2.24) is 4.57 Å². The molecule has 0 aliphatic heterocycles. The first kappa shape index (κ1) is 9.92. The molecule has 1 aromatic carbocycles. The van der Waals surface area contributed by atoms with Crippen molar-refractivity contribution in [2.24, 2.45) is 5.73 Å². The van der Waals surface area contributed by atoms with Crippen molar-refractivity contribution >= 4 is 28.3 Å². The van der Waals surface area contributed by atoms with Crippen LogP contribution in [0.4, 0.5) is 0 Å². The molecule has 4 nitrogen and oxygen atoms in total. The quantitative estimate of drug-likeness (QED) is 0.794. The van der Waals surface area contributed by atoms with Crippen LogP contribution in [0.5, 0.6) is 0 Å². The largest absolute Gasteiger partial charge is 0.419 e. The van der Waals surface area contributed by atoms with Crippen molar-refractivity contribution in [2.45, 2.75) is 13.0 Å². The number of nitrogens with two attached hydrogens (primary N) is 1. The molecule has 2 rings (SSSR count). The maximum atomic E-state index is 11.5. The monoisotopic (exact) mass is 222 g/mol. The number of aromatic nitrogens is 1. The maximum absolute atomic E-state index is 11.5. The second-order valence-electron chi connectivity index (χ2n) is 3.20. The van der Waals surface area contributed by atoms with E-state index < -0.39 is 0 Å². The Morgan fingerprint density at radius 1 is 1.47 bits per heavy atom. The number of benzene rings is 1. The maximum Gasteiger partial charge on any atom is 0.419 e. The molecule has 0 spiro atoms. The highest BCUT2D eigenvalue weighted by Gasteiger charge is 2.07. The van der Waals surface area contributed by atoms with Crippen LogP contribution in [0.15, 0.2) is 33.5 Å². The highest BCUT2D eigenvalue weighted by atomic mass is 32.1. The van der Waals surface area contributed by atoms with E-state index >= 15 is 0 Å². The molecule has 1 aromatic heterocycles. The van der Waals surface area contributed by atoms with Gasteiger partial charge in [-0.3, -0.25) is 4.57 Å². The minimum absolute atomic E-state index is 0.368. The number of para-hydroxylation sites is 2. The van der Waals surface area contributed by atoms with E-state index in [2.05, 4.69) is 0 Å². The average molecular weight is 222 g/mol. The standard InChI is InChI=1S/C10H10N2O2S/c11-9(15)5-6-12-7-3-1-2-4-8(7)14-10(12)13/h1-4H,5-6H2,(H2,11,15). The predicted octanol–water partition coefficient (Wildman–Crippen LogP) is 1.27. The Kier molecular flexibility index (Phi) is 2.55. The van der Waals surface area contributed by atoms with E-state index in [4.69, 9.17) is 22.4 Å². The summed E-state index contributed by atoms with van der Waals surface area (Å²) in [7, 11) is 0. The molecule has 0 atom stereocenters. The lowest BCUT2D eigenvalue weighted by atomic mass is 10.3. The molecule has 0 saturated heterocycles. The van der Waals surface area contributed by atoms with E-state index in [0.29, 0.717) is 23.5 Å². The van der Waals surface area contributed by atoms with Crippen LogP contribution >= 0.6 is 12.2 Å². The fraction of sp³-hybridized carbons (Fsp3) is 0.200. The molecule has 0 amide bonds. The van der Waals surface area contributed by atoms with Crippen LogP contribution in [0.3, 0.4) is 0 Å². The molecule has 15 heavy (non-hydrogen) atoms. The first-order chi connectivity index (χ1) is 7.18. The number of hydrogen-bond acceptors (Lipinski definition) is 3. The first-order valence-corrected chi connectivity index (χ1v) is 4.96. The van der Waals surface area contributed by atoms with Crippen LogP contribution < -0.4 is 11.5 Å². The van der Waals surface area contributed by atoms with Crippen LogP contribution in [-0.2, 0) is 6.54 Å². The Morgan fingerprint density at radius 2 is 2.20 bits per heavy atom. The van der Waals surface area contributed by atoms with Gasteiger partial charge in [-0.05, 0) is 12.1 Å². The highest BCUT2D eigenvalue weighted by Crippen LogP contribution is 2.11. The molecule has 78 valence electrons. The average Bonchev–Trinajstić information content (AvgIpc) is 2.50. The summed E-state index contributed by atoms with van der Waals surface area (Å²) in [6.45, 7) is 0.463. The van der Waals surface area contributed by atoms with Crippen molar-refractivity contribution in [3.05, 3.63) is 34.8 Å². The van der Waals surface area contributed by atoms with E-state index in [1.807, 2.05) is 18.2 Å². The van der Waals surface area contributed by atoms with Crippen LogP contribution in [0.2, 0.25) is 0 Å². The number of oxazole rings is 1. The summed E-state index contributed by atoms with van der Waals surface area (Å²) in [5.74, 6) is -0.368. The Balaban J connectivity index is 2.45. The normalized spacial score (nSPS) is 10.7. The molecule has 0 radical (unpaired) electrons. The van der Waals surface area contributed by atoms with Gasteiger partial charge in [-0.15, -0.1) is 0 Å². The van der Waals surface area contributed by atoms with Gasteiger partial charge in [0.05, 0.1) is 10.5 Å². The highest BCUT2D eigenvalue weighted by molar-refractivity contribution is 7.80. The zero-order valence-corrected chi connectivity index (χ0v) is 8.79.